The number of amides is 1. The first-order valence-corrected chi connectivity index (χ1v) is 6.93. The van der Waals surface area contributed by atoms with Crippen molar-refractivity contribution in [1.82, 2.24) is 10.6 Å². The third kappa shape index (κ3) is 3.55. The number of nitrogens with one attached hydrogen (secondary N) is 2. The monoisotopic (exact) mass is 262 g/mol. The molecule has 4 heteroatoms. The van der Waals surface area contributed by atoms with Crippen molar-refractivity contribution >= 4 is 5.91 Å². The first kappa shape index (κ1) is 14.0. The summed E-state index contributed by atoms with van der Waals surface area (Å²) in [6.45, 7) is 5.79. The second kappa shape index (κ2) is 6.68. The van der Waals surface area contributed by atoms with Gasteiger partial charge in [0.2, 0.25) is 5.91 Å². The summed E-state index contributed by atoms with van der Waals surface area (Å²) in [5, 5.41) is 6.40. The molecule has 2 unspecified atom stereocenters. The highest BCUT2D eigenvalue weighted by Gasteiger charge is 2.20. The quantitative estimate of drug-likeness (QED) is 0.843. The highest BCUT2D eigenvalue weighted by atomic mass is 16.5. The van der Waals surface area contributed by atoms with Gasteiger partial charge in [-0.05, 0) is 37.9 Å². The molecule has 0 saturated carbocycles. The Morgan fingerprint density at radius 1 is 1.53 bits per heavy atom. The Hall–Kier alpha value is -1.39. The second-order valence-corrected chi connectivity index (χ2v) is 4.80. The Balaban J connectivity index is 1.92. The van der Waals surface area contributed by atoms with Crippen LogP contribution in [0.1, 0.15) is 31.0 Å². The van der Waals surface area contributed by atoms with E-state index in [9.17, 15) is 4.79 Å². The lowest BCUT2D eigenvalue weighted by Crippen LogP contribution is -2.42. The maximum Gasteiger partial charge on any atom is 0.248 e. The van der Waals surface area contributed by atoms with Gasteiger partial charge in [-0.3, -0.25) is 4.79 Å². The lowest BCUT2D eigenvalue weighted by Gasteiger charge is -2.27. The summed E-state index contributed by atoms with van der Waals surface area (Å²) in [6.07, 6.45) is 0.666. The summed E-state index contributed by atoms with van der Waals surface area (Å²) >= 11 is 0. The SMILES string of the molecule is CCOC(C)C(=O)NCC1NCCc2ccccc21. The number of ether oxygens (including phenoxy) is 1. The largest absolute Gasteiger partial charge is 0.369 e. The van der Waals surface area contributed by atoms with Crippen molar-refractivity contribution in [3.8, 4) is 0 Å². The molecule has 1 heterocycles. The van der Waals surface area contributed by atoms with Crippen molar-refractivity contribution in [3.05, 3.63) is 35.4 Å². The summed E-state index contributed by atoms with van der Waals surface area (Å²) in [7, 11) is 0. The molecule has 1 aromatic rings. The molecule has 19 heavy (non-hydrogen) atoms. The van der Waals surface area contributed by atoms with Gasteiger partial charge in [0.25, 0.3) is 0 Å². The third-order valence-electron chi connectivity index (χ3n) is 3.48. The summed E-state index contributed by atoms with van der Waals surface area (Å²) < 4.78 is 5.28. The van der Waals surface area contributed by atoms with Crippen molar-refractivity contribution in [3.63, 3.8) is 0 Å². The van der Waals surface area contributed by atoms with Crippen LogP contribution < -0.4 is 10.6 Å². The molecule has 4 nitrogen and oxygen atoms in total. The van der Waals surface area contributed by atoms with Gasteiger partial charge in [0.05, 0.1) is 0 Å². The molecule has 1 aliphatic heterocycles. The van der Waals surface area contributed by atoms with E-state index in [1.54, 1.807) is 6.92 Å². The molecule has 104 valence electrons. The fraction of sp³-hybridized carbons (Fsp3) is 0.533. The van der Waals surface area contributed by atoms with Crippen LogP contribution in [-0.2, 0) is 16.0 Å². The molecule has 0 aliphatic carbocycles. The summed E-state index contributed by atoms with van der Waals surface area (Å²) in [6, 6.07) is 8.60. The predicted octanol–water partition coefficient (Wildman–Crippen LogP) is 1.41. The molecular weight excluding hydrogens is 240 g/mol. The molecule has 0 saturated heterocycles. The van der Waals surface area contributed by atoms with Crippen LogP contribution in [0.3, 0.4) is 0 Å². The molecule has 0 bridgehead atoms. The topological polar surface area (TPSA) is 50.4 Å². The third-order valence-corrected chi connectivity index (χ3v) is 3.48. The van der Waals surface area contributed by atoms with E-state index in [0.29, 0.717) is 13.2 Å². The number of hydrogen-bond donors (Lipinski definition) is 2. The molecule has 0 fully saturated rings. The maximum atomic E-state index is 11.8. The van der Waals surface area contributed by atoms with Gasteiger partial charge < -0.3 is 15.4 Å². The van der Waals surface area contributed by atoms with E-state index in [1.807, 2.05) is 13.0 Å². The first-order valence-electron chi connectivity index (χ1n) is 6.93. The lowest BCUT2D eigenvalue weighted by molar-refractivity contribution is -0.131. The Kier molecular flexibility index (Phi) is 4.93. The second-order valence-electron chi connectivity index (χ2n) is 4.80. The van der Waals surface area contributed by atoms with Crippen LogP contribution in [0, 0.1) is 0 Å². The van der Waals surface area contributed by atoms with Crippen molar-refractivity contribution in [1.29, 1.82) is 0 Å². The van der Waals surface area contributed by atoms with Gasteiger partial charge in [-0.25, -0.2) is 0 Å². The van der Waals surface area contributed by atoms with Crippen molar-refractivity contribution in [2.24, 2.45) is 0 Å². The predicted molar refractivity (Wildman–Crippen MR) is 75.0 cm³/mol. The molecule has 0 aromatic heterocycles. The number of carbonyl (C=O) groups excluding carboxylic acids is 1. The molecule has 0 spiro atoms. The highest BCUT2D eigenvalue weighted by Crippen LogP contribution is 2.21. The molecule has 2 rings (SSSR count). The number of rotatable bonds is 5. The fourth-order valence-corrected chi connectivity index (χ4v) is 2.45. The normalized spacial score (nSPS) is 19.6. The lowest BCUT2D eigenvalue weighted by atomic mass is 9.94. The average molecular weight is 262 g/mol. The number of benzene rings is 1. The molecule has 1 amide bonds. The van der Waals surface area contributed by atoms with E-state index in [0.717, 1.165) is 13.0 Å². The summed E-state index contributed by atoms with van der Waals surface area (Å²) in [5.41, 5.74) is 2.66. The van der Waals surface area contributed by atoms with E-state index in [2.05, 4.69) is 28.8 Å². The molecule has 1 aliphatic rings. The van der Waals surface area contributed by atoms with E-state index in [-0.39, 0.29) is 18.1 Å². The van der Waals surface area contributed by atoms with Gasteiger partial charge in [-0.1, -0.05) is 24.3 Å². The van der Waals surface area contributed by atoms with Gasteiger partial charge in [-0.15, -0.1) is 0 Å². The summed E-state index contributed by atoms with van der Waals surface area (Å²) in [4.78, 5) is 11.8. The maximum absolute atomic E-state index is 11.8. The van der Waals surface area contributed by atoms with E-state index in [4.69, 9.17) is 4.74 Å². The zero-order chi connectivity index (χ0) is 13.7. The Bertz CT molecular complexity index is 434. The smallest absolute Gasteiger partial charge is 0.248 e. The molecule has 2 N–H and O–H groups in total. The molecular formula is C15H22N2O2. The van der Waals surface area contributed by atoms with Crippen LogP contribution in [0.2, 0.25) is 0 Å². The number of fused-ring (bicyclic) bond motifs is 1. The number of hydrogen-bond acceptors (Lipinski definition) is 3. The zero-order valence-corrected chi connectivity index (χ0v) is 11.6. The number of carbonyl (C=O) groups is 1. The van der Waals surface area contributed by atoms with Crippen LogP contribution >= 0.6 is 0 Å². The summed E-state index contributed by atoms with van der Waals surface area (Å²) in [5.74, 6) is -0.0493. The Morgan fingerprint density at radius 2 is 2.32 bits per heavy atom. The van der Waals surface area contributed by atoms with Crippen molar-refractivity contribution in [2.45, 2.75) is 32.4 Å². The Morgan fingerprint density at radius 3 is 3.11 bits per heavy atom. The minimum absolute atomic E-state index is 0.0493. The molecule has 1 aromatic carbocycles. The van der Waals surface area contributed by atoms with Gasteiger partial charge in [0.15, 0.2) is 0 Å². The van der Waals surface area contributed by atoms with E-state index >= 15 is 0 Å². The fourth-order valence-electron chi connectivity index (χ4n) is 2.45. The van der Waals surface area contributed by atoms with Gasteiger partial charge >= 0.3 is 0 Å². The van der Waals surface area contributed by atoms with E-state index in [1.165, 1.54) is 11.1 Å². The van der Waals surface area contributed by atoms with Gasteiger partial charge in [0.1, 0.15) is 6.10 Å². The first-order chi connectivity index (χ1) is 9.22. The average Bonchev–Trinajstić information content (AvgIpc) is 2.45. The Labute approximate surface area is 114 Å². The van der Waals surface area contributed by atoms with Crippen LogP contribution in [0.25, 0.3) is 0 Å². The van der Waals surface area contributed by atoms with Crippen LogP contribution in [0.15, 0.2) is 24.3 Å². The van der Waals surface area contributed by atoms with E-state index < -0.39 is 0 Å². The standard InChI is InChI=1S/C15H22N2O2/c1-3-19-11(2)15(18)17-10-14-13-7-5-4-6-12(13)8-9-16-14/h4-7,11,14,16H,3,8-10H2,1-2H3,(H,17,18). The van der Waals surface area contributed by atoms with Crippen molar-refractivity contribution in [2.75, 3.05) is 19.7 Å². The van der Waals surface area contributed by atoms with Crippen molar-refractivity contribution < 1.29 is 9.53 Å². The van der Waals surface area contributed by atoms with Gasteiger partial charge in [0, 0.05) is 19.2 Å². The molecule has 2 atom stereocenters. The van der Waals surface area contributed by atoms with Crippen LogP contribution in [0.5, 0.6) is 0 Å². The van der Waals surface area contributed by atoms with Crippen LogP contribution in [0.4, 0.5) is 0 Å². The minimum atomic E-state index is -0.385. The highest BCUT2D eigenvalue weighted by molar-refractivity contribution is 5.80. The van der Waals surface area contributed by atoms with Crippen LogP contribution in [-0.4, -0.2) is 31.7 Å². The zero-order valence-electron chi connectivity index (χ0n) is 11.6. The minimum Gasteiger partial charge on any atom is -0.369 e. The molecule has 0 radical (unpaired) electrons. The van der Waals surface area contributed by atoms with Gasteiger partial charge in [-0.2, -0.15) is 0 Å².